The predicted octanol–water partition coefficient (Wildman–Crippen LogP) is 3.95. The summed E-state index contributed by atoms with van der Waals surface area (Å²) in [6.45, 7) is 0.782. The van der Waals surface area contributed by atoms with Gasteiger partial charge in [-0.25, -0.2) is 0 Å². The molecule has 2 nitrogen and oxygen atoms in total. The van der Waals surface area contributed by atoms with Gasteiger partial charge in [0.15, 0.2) is 0 Å². The lowest BCUT2D eigenvalue weighted by Gasteiger charge is -2.23. The molecule has 0 saturated carbocycles. The Morgan fingerprint density at radius 3 is 2.94 bits per heavy atom. The molecule has 92 valence electrons. The van der Waals surface area contributed by atoms with E-state index >= 15 is 0 Å². The van der Waals surface area contributed by atoms with Crippen molar-refractivity contribution in [3.63, 3.8) is 0 Å². The molecule has 1 saturated heterocycles. The number of amides is 1. The fourth-order valence-corrected chi connectivity index (χ4v) is 2.81. The van der Waals surface area contributed by atoms with E-state index in [4.69, 9.17) is 23.2 Å². The lowest BCUT2D eigenvalue weighted by molar-refractivity contribution is 0.0749. The summed E-state index contributed by atoms with van der Waals surface area (Å²) in [5.74, 6) is 0.512. The molecule has 1 aromatic carbocycles. The molecule has 5 heteroatoms. The Hall–Kier alpha value is -0.250. The minimum absolute atomic E-state index is 0.0163. The number of alkyl halides is 1. The molecule has 0 radical (unpaired) electrons. The summed E-state index contributed by atoms with van der Waals surface area (Å²) in [5, 5.41) is 0.553. The van der Waals surface area contributed by atoms with Gasteiger partial charge in [-0.15, -0.1) is 11.6 Å². The number of carbonyl (C=O) groups is 1. The Balaban J connectivity index is 2.21. The number of likely N-dealkylation sites (tertiary alicyclic amines) is 1. The van der Waals surface area contributed by atoms with Crippen molar-refractivity contribution in [1.82, 2.24) is 4.90 Å². The maximum Gasteiger partial charge on any atom is 0.254 e. The molecule has 0 spiro atoms. The summed E-state index contributed by atoms with van der Waals surface area (Å²) in [6.07, 6.45) is 2.01. The summed E-state index contributed by atoms with van der Waals surface area (Å²) in [6, 6.07) is 5.42. The van der Waals surface area contributed by atoms with E-state index in [9.17, 15) is 4.79 Å². The zero-order chi connectivity index (χ0) is 12.4. The minimum Gasteiger partial charge on any atom is -0.334 e. The summed E-state index contributed by atoms with van der Waals surface area (Å²) >= 11 is 15.2. The highest BCUT2D eigenvalue weighted by atomic mass is 79.9. The van der Waals surface area contributed by atoms with Gasteiger partial charge < -0.3 is 4.90 Å². The predicted molar refractivity (Wildman–Crippen MR) is 73.9 cm³/mol. The first-order valence-corrected chi connectivity index (χ1v) is 7.16. The fraction of sp³-hybridized carbons (Fsp3) is 0.417. The lowest BCUT2D eigenvalue weighted by Crippen LogP contribution is -2.36. The number of hydrogen-bond donors (Lipinski definition) is 0. The second-order valence-corrected chi connectivity index (χ2v) is 5.65. The van der Waals surface area contributed by atoms with Crippen LogP contribution < -0.4 is 0 Å². The quantitative estimate of drug-likeness (QED) is 0.749. The van der Waals surface area contributed by atoms with Gasteiger partial charge in [-0.05, 0) is 47.0 Å². The van der Waals surface area contributed by atoms with Crippen molar-refractivity contribution < 1.29 is 4.79 Å². The average Bonchev–Trinajstić information content (AvgIpc) is 2.80. The molecule has 1 aliphatic heterocycles. The SMILES string of the molecule is O=C(c1ccc(Br)c(Cl)c1)N1CCCC1CCl. The summed E-state index contributed by atoms with van der Waals surface area (Å²) in [7, 11) is 0. The maximum absolute atomic E-state index is 12.3. The van der Waals surface area contributed by atoms with Gasteiger partial charge in [0.05, 0.1) is 5.02 Å². The fourth-order valence-electron chi connectivity index (χ4n) is 2.06. The van der Waals surface area contributed by atoms with Crippen LogP contribution in [0.1, 0.15) is 23.2 Å². The molecular formula is C12H12BrCl2NO. The molecule has 0 N–H and O–H groups in total. The van der Waals surface area contributed by atoms with Crippen LogP contribution in [0.15, 0.2) is 22.7 Å². The molecule has 1 fully saturated rings. The van der Waals surface area contributed by atoms with Crippen LogP contribution in [0.4, 0.5) is 0 Å². The molecule has 1 unspecified atom stereocenters. The van der Waals surface area contributed by atoms with E-state index in [0.717, 1.165) is 23.9 Å². The third-order valence-corrected chi connectivity index (χ3v) is 4.57. The monoisotopic (exact) mass is 335 g/mol. The van der Waals surface area contributed by atoms with E-state index in [-0.39, 0.29) is 11.9 Å². The molecule has 17 heavy (non-hydrogen) atoms. The van der Waals surface area contributed by atoms with Crippen LogP contribution in [-0.2, 0) is 0 Å². The molecule has 1 amide bonds. The second-order valence-electron chi connectivity index (χ2n) is 4.08. The van der Waals surface area contributed by atoms with E-state index in [0.29, 0.717) is 16.5 Å². The number of carbonyl (C=O) groups excluding carboxylic acids is 1. The zero-order valence-electron chi connectivity index (χ0n) is 9.13. The molecule has 1 aromatic rings. The number of benzene rings is 1. The number of halogens is 3. The van der Waals surface area contributed by atoms with Crippen molar-refractivity contribution in [2.24, 2.45) is 0 Å². The Kier molecular flexibility index (Phi) is 4.34. The highest BCUT2D eigenvalue weighted by molar-refractivity contribution is 9.10. The van der Waals surface area contributed by atoms with Gasteiger partial charge in [-0.3, -0.25) is 4.79 Å². The van der Waals surface area contributed by atoms with E-state index in [2.05, 4.69) is 15.9 Å². The van der Waals surface area contributed by atoms with Gasteiger partial charge in [0, 0.05) is 28.5 Å². The molecule has 0 aromatic heterocycles. The van der Waals surface area contributed by atoms with Gasteiger partial charge in [-0.2, -0.15) is 0 Å². The number of nitrogens with zero attached hydrogens (tertiary/aromatic N) is 1. The molecule has 0 bridgehead atoms. The first kappa shape index (κ1) is 13.2. The van der Waals surface area contributed by atoms with E-state index < -0.39 is 0 Å². The first-order valence-electron chi connectivity index (χ1n) is 5.45. The van der Waals surface area contributed by atoms with Crippen LogP contribution in [-0.4, -0.2) is 29.3 Å². The standard InChI is InChI=1S/C12H12BrCl2NO/c13-10-4-3-8(6-11(10)15)12(17)16-5-1-2-9(16)7-14/h3-4,6,9H,1-2,5,7H2. The molecular weight excluding hydrogens is 325 g/mol. The maximum atomic E-state index is 12.3. The van der Waals surface area contributed by atoms with Crippen molar-refractivity contribution in [3.8, 4) is 0 Å². The smallest absolute Gasteiger partial charge is 0.254 e. The van der Waals surface area contributed by atoms with Crippen molar-refractivity contribution in [3.05, 3.63) is 33.3 Å². The molecule has 1 heterocycles. The Bertz CT molecular complexity index is 439. The van der Waals surface area contributed by atoms with Crippen LogP contribution in [0.5, 0.6) is 0 Å². The minimum atomic E-state index is 0.0163. The van der Waals surface area contributed by atoms with Gasteiger partial charge in [-0.1, -0.05) is 11.6 Å². The molecule has 1 aliphatic rings. The van der Waals surface area contributed by atoms with Crippen molar-refractivity contribution in [2.75, 3.05) is 12.4 Å². The third kappa shape index (κ3) is 2.78. The van der Waals surface area contributed by atoms with Crippen LogP contribution in [0.3, 0.4) is 0 Å². The highest BCUT2D eigenvalue weighted by Crippen LogP contribution is 2.26. The Labute approximate surface area is 119 Å². The normalized spacial score (nSPS) is 19.7. The Morgan fingerprint density at radius 2 is 2.29 bits per heavy atom. The van der Waals surface area contributed by atoms with Crippen LogP contribution >= 0.6 is 39.1 Å². The zero-order valence-corrected chi connectivity index (χ0v) is 12.2. The van der Waals surface area contributed by atoms with E-state index in [1.165, 1.54) is 0 Å². The van der Waals surface area contributed by atoms with Crippen LogP contribution in [0.25, 0.3) is 0 Å². The van der Waals surface area contributed by atoms with Gasteiger partial charge in [0.1, 0.15) is 0 Å². The highest BCUT2D eigenvalue weighted by Gasteiger charge is 2.28. The van der Waals surface area contributed by atoms with Gasteiger partial charge >= 0.3 is 0 Å². The lowest BCUT2D eigenvalue weighted by atomic mass is 10.2. The topological polar surface area (TPSA) is 20.3 Å². The van der Waals surface area contributed by atoms with E-state index in [1.54, 1.807) is 18.2 Å². The first-order chi connectivity index (χ1) is 8.13. The van der Waals surface area contributed by atoms with Gasteiger partial charge in [0.2, 0.25) is 0 Å². The van der Waals surface area contributed by atoms with E-state index in [1.807, 2.05) is 4.90 Å². The average molecular weight is 337 g/mol. The summed E-state index contributed by atoms with van der Waals surface area (Å²) in [5.41, 5.74) is 0.621. The van der Waals surface area contributed by atoms with Crippen LogP contribution in [0.2, 0.25) is 5.02 Å². The van der Waals surface area contributed by atoms with Crippen molar-refractivity contribution >= 4 is 45.0 Å². The van der Waals surface area contributed by atoms with Crippen LogP contribution in [0, 0.1) is 0 Å². The largest absolute Gasteiger partial charge is 0.334 e. The Morgan fingerprint density at radius 1 is 1.53 bits per heavy atom. The van der Waals surface area contributed by atoms with Crippen molar-refractivity contribution in [2.45, 2.75) is 18.9 Å². The molecule has 0 aliphatic carbocycles. The summed E-state index contributed by atoms with van der Waals surface area (Å²) in [4.78, 5) is 14.1. The number of hydrogen-bond acceptors (Lipinski definition) is 1. The third-order valence-electron chi connectivity index (χ3n) is 2.98. The van der Waals surface area contributed by atoms with Crippen molar-refractivity contribution in [1.29, 1.82) is 0 Å². The summed E-state index contributed by atoms with van der Waals surface area (Å²) < 4.78 is 0.797. The number of rotatable bonds is 2. The second kappa shape index (κ2) is 5.59. The molecule has 2 rings (SSSR count). The van der Waals surface area contributed by atoms with Gasteiger partial charge in [0.25, 0.3) is 5.91 Å². The molecule has 1 atom stereocenters.